The number of rotatable bonds is 14. The second-order valence-corrected chi connectivity index (χ2v) is 8.79. The van der Waals surface area contributed by atoms with Gasteiger partial charge in [-0.3, -0.25) is 4.79 Å². The van der Waals surface area contributed by atoms with Gasteiger partial charge in [0.1, 0.15) is 30.4 Å². The summed E-state index contributed by atoms with van der Waals surface area (Å²) in [5.41, 5.74) is 1.65. The number of ether oxygens (including phenoxy) is 1. The van der Waals surface area contributed by atoms with E-state index in [0.29, 0.717) is 35.6 Å². The topological polar surface area (TPSA) is 111 Å². The molecular formula is C23H29NO7S. The van der Waals surface area contributed by atoms with Crippen LogP contribution in [-0.2, 0) is 26.2 Å². The Labute approximate surface area is 188 Å². The van der Waals surface area contributed by atoms with Crippen molar-refractivity contribution in [2.24, 2.45) is 5.16 Å². The fraction of sp³-hybridized carbons (Fsp3) is 0.391. The highest BCUT2D eigenvalue weighted by atomic mass is 32.2. The van der Waals surface area contributed by atoms with Crippen LogP contribution in [0.3, 0.4) is 0 Å². The quantitative estimate of drug-likeness (QED) is 0.195. The Balaban J connectivity index is 2.18. The molecule has 0 fully saturated rings. The summed E-state index contributed by atoms with van der Waals surface area (Å²) in [6.45, 7) is 4.31. The highest BCUT2D eigenvalue weighted by molar-refractivity contribution is 7.87. The summed E-state index contributed by atoms with van der Waals surface area (Å²) < 4.78 is 35.3. The summed E-state index contributed by atoms with van der Waals surface area (Å²) in [6.07, 6.45) is 1.94. The van der Waals surface area contributed by atoms with Gasteiger partial charge in [0.2, 0.25) is 0 Å². The van der Waals surface area contributed by atoms with Crippen molar-refractivity contribution in [1.29, 1.82) is 0 Å². The van der Waals surface area contributed by atoms with E-state index in [-0.39, 0.29) is 24.5 Å². The molecule has 9 heteroatoms. The second-order valence-electron chi connectivity index (χ2n) is 7.10. The summed E-state index contributed by atoms with van der Waals surface area (Å²) >= 11 is 0. The monoisotopic (exact) mass is 463 g/mol. The van der Waals surface area contributed by atoms with E-state index in [1.165, 1.54) is 0 Å². The Hall–Kier alpha value is -3.07. The molecule has 0 saturated heterocycles. The van der Waals surface area contributed by atoms with Gasteiger partial charge >= 0.3 is 16.1 Å². The van der Waals surface area contributed by atoms with E-state index in [2.05, 4.69) is 5.16 Å². The van der Waals surface area contributed by atoms with E-state index >= 15 is 0 Å². The van der Waals surface area contributed by atoms with Crippen LogP contribution >= 0.6 is 0 Å². The predicted molar refractivity (Wildman–Crippen MR) is 122 cm³/mol. The van der Waals surface area contributed by atoms with E-state index in [0.717, 1.165) is 12.8 Å². The number of unbranched alkanes of at least 4 members (excludes halogenated alkanes) is 1. The normalized spacial score (nSPS) is 11.8. The molecule has 2 rings (SSSR count). The van der Waals surface area contributed by atoms with Crippen molar-refractivity contribution in [3.05, 3.63) is 59.7 Å². The largest absolute Gasteiger partial charge is 0.487 e. The van der Waals surface area contributed by atoms with Crippen LogP contribution < -0.4 is 8.92 Å². The molecule has 0 aliphatic heterocycles. The molecule has 0 heterocycles. The summed E-state index contributed by atoms with van der Waals surface area (Å²) in [7, 11) is -3.68. The van der Waals surface area contributed by atoms with E-state index in [4.69, 9.17) is 18.9 Å². The summed E-state index contributed by atoms with van der Waals surface area (Å²) in [5.74, 6) is -0.306. The Morgan fingerprint density at radius 1 is 1.03 bits per heavy atom. The van der Waals surface area contributed by atoms with Gasteiger partial charge in [0.15, 0.2) is 0 Å². The first-order valence-electron chi connectivity index (χ1n) is 10.5. The minimum absolute atomic E-state index is 0.0340. The number of oxime groups is 1. The fourth-order valence-electron chi connectivity index (χ4n) is 2.69. The average Bonchev–Trinajstić information content (AvgIpc) is 2.74. The molecule has 1 N–H and O–H groups in total. The van der Waals surface area contributed by atoms with Crippen LogP contribution in [0.1, 0.15) is 44.2 Å². The number of nitrogens with zero attached hydrogens (tertiary/aromatic N) is 1. The van der Waals surface area contributed by atoms with Gasteiger partial charge in [-0.15, -0.1) is 0 Å². The molecule has 0 spiro atoms. The van der Waals surface area contributed by atoms with Crippen molar-refractivity contribution < 1.29 is 32.1 Å². The van der Waals surface area contributed by atoms with Crippen LogP contribution in [0.4, 0.5) is 0 Å². The lowest BCUT2D eigenvalue weighted by Gasteiger charge is -2.12. The van der Waals surface area contributed by atoms with Crippen molar-refractivity contribution >= 4 is 21.8 Å². The van der Waals surface area contributed by atoms with Gasteiger partial charge in [-0.05, 0) is 42.7 Å². The van der Waals surface area contributed by atoms with Gasteiger partial charge in [0.05, 0.1) is 12.2 Å². The number of carbonyl (C=O) groups is 1. The van der Waals surface area contributed by atoms with Gasteiger partial charge < -0.3 is 18.9 Å². The van der Waals surface area contributed by atoms with Gasteiger partial charge in [0.25, 0.3) is 0 Å². The maximum Gasteiger partial charge on any atom is 0.309 e. The van der Waals surface area contributed by atoms with Crippen molar-refractivity contribution in [3.63, 3.8) is 0 Å². The van der Waals surface area contributed by atoms with E-state index in [1.54, 1.807) is 48.5 Å². The van der Waals surface area contributed by atoms with Crippen molar-refractivity contribution in [1.82, 2.24) is 0 Å². The second kappa shape index (κ2) is 12.7. The fourth-order valence-corrected chi connectivity index (χ4v) is 3.81. The highest BCUT2D eigenvalue weighted by Crippen LogP contribution is 2.19. The molecule has 2 aromatic rings. The third kappa shape index (κ3) is 8.97. The number of benzene rings is 2. The van der Waals surface area contributed by atoms with Gasteiger partial charge in [0, 0.05) is 5.56 Å². The first kappa shape index (κ1) is 25.2. The lowest BCUT2D eigenvalue weighted by Crippen LogP contribution is -2.16. The maximum atomic E-state index is 12.1. The molecule has 0 aliphatic rings. The molecule has 0 unspecified atom stereocenters. The minimum Gasteiger partial charge on any atom is -0.487 e. The van der Waals surface area contributed by atoms with E-state index < -0.39 is 16.1 Å². The molecule has 0 aromatic heterocycles. The number of aliphatic carboxylic acids is 1. The molecule has 32 heavy (non-hydrogen) atoms. The van der Waals surface area contributed by atoms with E-state index in [1.807, 2.05) is 13.8 Å². The number of carboxylic acids is 1. The van der Waals surface area contributed by atoms with Gasteiger partial charge in [-0.2, -0.15) is 8.42 Å². The third-order valence-corrected chi connectivity index (χ3v) is 5.47. The molecule has 2 aromatic carbocycles. The van der Waals surface area contributed by atoms with E-state index in [9.17, 15) is 13.2 Å². The van der Waals surface area contributed by atoms with Crippen molar-refractivity contribution in [2.45, 2.75) is 39.5 Å². The van der Waals surface area contributed by atoms with Crippen LogP contribution in [0, 0.1) is 0 Å². The van der Waals surface area contributed by atoms with Crippen LogP contribution in [0.2, 0.25) is 0 Å². The van der Waals surface area contributed by atoms with Gasteiger partial charge in [-0.1, -0.05) is 49.7 Å². The first-order valence-corrected chi connectivity index (χ1v) is 12.1. The minimum atomic E-state index is -3.68. The number of carboxylic acid groups (broad SMARTS) is 1. The zero-order valence-electron chi connectivity index (χ0n) is 18.3. The molecule has 0 bridgehead atoms. The number of hydrogen-bond acceptors (Lipinski definition) is 7. The zero-order chi connectivity index (χ0) is 23.4. The Bertz CT molecular complexity index is 1020. The van der Waals surface area contributed by atoms with Crippen LogP contribution in [-0.4, -0.2) is 44.2 Å². The SMILES string of the molecule is CCCCS(=O)(=O)Oc1cccc(C(COc2cccc(CC(=O)O)c2)=NOCCC)c1. The average molecular weight is 464 g/mol. The molecule has 8 nitrogen and oxygen atoms in total. The zero-order valence-corrected chi connectivity index (χ0v) is 19.1. The predicted octanol–water partition coefficient (Wildman–Crippen LogP) is 4.03. The Morgan fingerprint density at radius 3 is 2.50 bits per heavy atom. The molecule has 0 amide bonds. The highest BCUT2D eigenvalue weighted by Gasteiger charge is 2.14. The lowest BCUT2D eigenvalue weighted by atomic mass is 10.1. The Morgan fingerprint density at radius 2 is 1.78 bits per heavy atom. The van der Waals surface area contributed by atoms with Crippen molar-refractivity contribution in [2.75, 3.05) is 19.0 Å². The smallest absolute Gasteiger partial charge is 0.309 e. The summed E-state index contributed by atoms with van der Waals surface area (Å²) in [5, 5.41) is 13.1. The molecule has 0 atom stereocenters. The molecule has 0 aliphatic carbocycles. The summed E-state index contributed by atoms with van der Waals surface area (Å²) in [4.78, 5) is 16.3. The van der Waals surface area contributed by atoms with Gasteiger partial charge in [-0.25, -0.2) is 0 Å². The molecule has 174 valence electrons. The molecule has 0 saturated carbocycles. The Kier molecular flexibility index (Phi) is 10.0. The summed E-state index contributed by atoms with van der Waals surface area (Å²) in [6, 6.07) is 13.4. The van der Waals surface area contributed by atoms with Crippen LogP contribution in [0.15, 0.2) is 53.7 Å². The van der Waals surface area contributed by atoms with Crippen LogP contribution in [0.5, 0.6) is 11.5 Å². The standard InChI is InChI=1S/C23H29NO7S/c1-3-5-13-32(27,28)31-21-11-7-9-19(16-21)22(24-30-12-4-2)17-29-20-10-6-8-18(14-20)15-23(25)26/h6-11,14,16H,3-5,12-13,15,17H2,1-2H3,(H,25,26). The van der Waals surface area contributed by atoms with Crippen LogP contribution in [0.25, 0.3) is 0 Å². The molecule has 0 radical (unpaired) electrons. The molecular weight excluding hydrogens is 434 g/mol. The first-order chi connectivity index (χ1) is 15.3. The number of hydrogen-bond donors (Lipinski definition) is 1. The third-order valence-electron chi connectivity index (χ3n) is 4.24. The van der Waals surface area contributed by atoms with Crippen molar-refractivity contribution in [3.8, 4) is 11.5 Å². The lowest BCUT2D eigenvalue weighted by molar-refractivity contribution is -0.136. The maximum absolute atomic E-state index is 12.1.